The van der Waals surface area contributed by atoms with Crippen molar-refractivity contribution in [2.75, 3.05) is 12.2 Å². The topological polar surface area (TPSA) is 77.2 Å². The molecule has 1 heterocycles. The van der Waals surface area contributed by atoms with E-state index in [9.17, 15) is 9.18 Å². The number of hydrogen-bond donors (Lipinski definition) is 2. The lowest BCUT2D eigenvalue weighted by Gasteiger charge is -2.12. The van der Waals surface area contributed by atoms with Crippen LogP contribution >= 0.6 is 23.5 Å². The van der Waals surface area contributed by atoms with Crippen molar-refractivity contribution in [3.8, 4) is 5.88 Å². The normalized spacial score (nSPS) is 10.7. The monoisotopic (exact) mass is 391 g/mol. The summed E-state index contributed by atoms with van der Waals surface area (Å²) in [6, 6.07) is 12.3. The van der Waals surface area contributed by atoms with Gasteiger partial charge in [-0.25, -0.2) is 9.37 Å². The molecule has 26 heavy (non-hydrogen) atoms. The molecule has 0 saturated heterocycles. The molecule has 2 aromatic carbocycles. The van der Waals surface area contributed by atoms with Gasteiger partial charge in [0.2, 0.25) is 18.6 Å². The van der Waals surface area contributed by atoms with Gasteiger partial charge in [-0.2, -0.15) is 0 Å². The number of nitrogens with zero attached hydrogens (tertiary/aromatic N) is 1. The van der Waals surface area contributed by atoms with Crippen LogP contribution in [0.3, 0.4) is 0 Å². The molecule has 3 N–H and O–H groups in total. The Morgan fingerprint density at radius 1 is 1.27 bits per heavy atom. The lowest BCUT2D eigenvalue weighted by atomic mass is 10.1. The average Bonchev–Trinajstić information content (AvgIpc) is 2.63. The van der Waals surface area contributed by atoms with Crippen LogP contribution in [0.4, 0.5) is 10.1 Å². The van der Waals surface area contributed by atoms with Crippen LogP contribution in [0.2, 0.25) is 5.02 Å². The van der Waals surface area contributed by atoms with Crippen LogP contribution in [0.15, 0.2) is 53.6 Å². The van der Waals surface area contributed by atoms with Gasteiger partial charge in [0.25, 0.3) is 0 Å². The molecule has 5 nitrogen and oxygen atoms in total. The molecule has 0 fully saturated rings. The summed E-state index contributed by atoms with van der Waals surface area (Å²) in [5.74, 6) is -0.0928. The number of nitrogens with one attached hydrogen (secondary N) is 1. The molecule has 0 unspecified atom stereocenters. The Morgan fingerprint density at radius 2 is 2.08 bits per heavy atom. The zero-order chi connectivity index (χ0) is 18.5. The third-order valence-electron chi connectivity index (χ3n) is 3.72. The lowest BCUT2D eigenvalue weighted by molar-refractivity contribution is -0.115. The van der Waals surface area contributed by atoms with Crippen LogP contribution in [-0.2, 0) is 11.2 Å². The Bertz CT molecular complexity index is 955. The van der Waals surface area contributed by atoms with Crippen LogP contribution in [0.1, 0.15) is 5.56 Å². The number of amides is 1. The van der Waals surface area contributed by atoms with E-state index >= 15 is 0 Å². The zero-order valence-corrected chi connectivity index (χ0v) is 15.1. The summed E-state index contributed by atoms with van der Waals surface area (Å²) >= 11 is 7.12. The standard InChI is InChI=1S/C18H15ClFN3O2S/c19-15-4-2-1-3-11(15)7-17(24)23-12-8-14-13(16(9-12)26-21)5-6-22-18(14)25-10-20/h1-6,8-9H,7,10,21H2,(H,23,24). The third-order valence-corrected chi connectivity index (χ3v) is 4.68. The highest BCUT2D eigenvalue weighted by atomic mass is 35.5. The molecule has 0 aliphatic rings. The van der Waals surface area contributed by atoms with Gasteiger partial charge >= 0.3 is 0 Å². The SMILES string of the molecule is NSc1cc(NC(=O)Cc2ccccc2Cl)cc2c(OCF)nccc12. The highest BCUT2D eigenvalue weighted by Crippen LogP contribution is 2.33. The van der Waals surface area contributed by atoms with Crippen molar-refractivity contribution in [2.45, 2.75) is 11.3 Å². The second kappa shape index (κ2) is 8.35. The molecule has 0 aliphatic carbocycles. The highest BCUT2D eigenvalue weighted by molar-refractivity contribution is 7.97. The number of hydrogen-bond acceptors (Lipinski definition) is 5. The van der Waals surface area contributed by atoms with Crippen LogP contribution in [-0.4, -0.2) is 17.8 Å². The van der Waals surface area contributed by atoms with Crippen molar-refractivity contribution in [1.82, 2.24) is 4.98 Å². The molecule has 1 aromatic heterocycles. The Labute approximate surface area is 158 Å². The van der Waals surface area contributed by atoms with Crippen molar-refractivity contribution < 1.29 is 13.9 Å². The highest BCUT2D eigenvalue weighted by Gasteiger charge is 2.12. The fourth-order valence-electron chi connectivity index (χ4n) is 2.58. The fraction of sp³-hybridized carbons (Fsp3) is 0.111. The Hall–Kier alpha value is -2.35. The van der Waals surface area contributed by atoms with E-state index < -0.39 is 6.86 Å². The van der Waals surface area contributed by atoms with E-state index in [4.69, 9.17) is 21.5 Å². The smallest absolute Gasteiger partial charge is 0.230 e. The molecule has 0 atom stereocenters. The molecule has 134 valence electrons. The summed E-state index contributed by atoms with van der Waals surface area (Å²) in [6.45, 7) is -1.000. The molecule has 0 aliphatic heterocycles. The van der Waals surface area contributed by atoms with Gasteiger partial charge in [0.1, 0.15) is 0 Å². The number of alkyl halides is 1. The number of benzene rings is 2. The largest absolute Gasteiger partial charge is 0.445 e. The van der Waals surface area contributed by atoms with Gasteiger partial charge in [-0.15, -0.1) is 0 Å². The second-order valence-electron chi connectivity index (χ2n) is 5.37. The van der Waals surface area contributed by atoms with E-state index in [2.05, 4.69) is 10.3 Å². The summed E-state index contributed by atoms with van der Waals surface area (Å²) in [4.78, 5) is 17.1. The summed E-state index contributed by atoms with van der Waals surface area (Å²) < 4.78 is 17.5. The molecule has 3 aromatic rings. The number of carbonyl (C=O) groups is 1. The summed E-state index contributed by atoms with van der Waals surface area (Å²) in [6.07, 6.45) is 1.65. The predicted octanol–water partition coefficient (Wildman–Crippen LogP) is 4.34. The van der Waals surface area contributed by atoms with Crippen molar-refractivity contribution in [2.24, 2.45) is 5.14 Å². The summed E-state index contributed by atoms with van der Waals surface area (Å²) in [5, 5.41) is 10.4. The number of ether oxygens (including phenoxy) is 1. The second-order valence-corrected chi connectivity index (χ2v) is 6.46. The van der Waals surface area contributed by atoms with Crippen molar-refractivity contribution in [3.63, 3.8) is 0 Å². The molecule has 3 rings (SSSR count). The van der Waals surface area contributed by atoms with Gasteiger partial charge in [0.15, 0.2) is 0 Å². The minimum absolute atomic E-state index is 0.129. The average molecular weight is 392 g/mol. The number of pyridine rings is 1. The van der Waals surface area contributed by atoms with Gasteiger partial charge < -0.3 is 10.1 Å². The van der Waals surface area contributed by atoms with E-state index in [1.54, 1.807) is 36.4 Å². The minimum Gasteiger partial charge on any atom is -0.445 e. The molecule has 0 bridgehead atoms. The first kappa shape index (κ1) is 18.4. The Kier molecular flexibility index (Phi) is 5.92. The minimum atomic E-state index is -1.000. The number of carbonyl (C=O) groups excluding carboxylic acids is 1. The fourth-order valence-corrected chi connectivity index (χ4v) is 3.28. The zero-order valence-electron chi connectivity index (χ0n) is 13.5. The Morgan fingerprint density at radius 3 is 2.81 bits per heavy atom. The molecule has 0 radical (unpaired) electrons. The quantitative estimate of drug-likeness (QED) is 0.611. The van der Waals surface area contributed by atoms with Crippen LogP contribution in [0.5, 0.6) is 5.88 Å². The van der Waals surface area contributed by atoms with Crippen molar-refractivity contribution >= 4 is 45.9 Å². The van der Waals surface area contributed by atoms with E-state index in [-0.39, 0.29) is 18.2 Å². The lowest BCUT2D eigenvalue weighted by Crippen LogP contribution is -2.14. The summed E-state index contributed by atoms with van der Waals surface area (Å²) in [7, 11) is 0. The number of fused-ring (bicyclic) bond motifs is 1. The van der Waals surface area contributed by atoms with E-state index in [1.165, 1.54) is 6.20 Å². The number of nitrogens with two attached hydrogens (primary N) is 1. The van der Waals surface area contributed by atoms with E-state index in [0.29, 0.717) is 21.0 Å². The predicted molar refractivity (Wildman–Crippen MR) is 102 cm³/mol. The van der Waals surface area contributed by atoms with Gasteiger partial charge in [-0.1, -0.05) is 29.8 Å². The van der Waals surface area contributed by atoms with Crippen molar-refractivity contribution in [1.29, 1.82) is 0 Å². The number of halogens is 2. The van der Waals surface area contributed by atoms with Crippen LogP contribution in [0.25, 0.3) is 10.8 Å². The van der Waals surface area contributed by atoms with E-state index in [0.717, 1.165) is 22.9 Å². The van der Waals surface area contributed by atoms with Crippen molar-refractivity contribution in [3.05, 3.63) is 59.2 Å². The molecule has 0 spiro atoms. The number of anilines is 1. The van der Waals surface area contributed by atoms with E-state index in [1.807, 2.05) is 6.07 Å². The van der Waals surface area contributed by atoms with Gasteiger partial charge in [-0.05, 0) is 41.8 Å². The van der Waals surface area contributed by atoms with Gasteiger partial charge in [0.05, 0.1) is 6.42 Å². The molecule has 1 amide bonds. The third kappa shape index (κ3) is 4.07. The Balaban J connectivity index is 1.91. The first-order valence-electron chi connectivity index (χ1n) is 7.64. The van der Waals surface area contributed by atoms with Crippen LogP contribution in [0, 0.1) is 0 Å². The number of rotatable bonds is 6. The first-order valence-corrected chi connectivity index (χ1v) is 8.89. The maximum atomic E-state index is 12.6. The molecular formula is C18H15ClFN3O2S. The summed E-state index contributed by atoms with van der Waals surface area (Å²) in [5.41, 5.74) is 1.24. The number of aromatic nitrogens is 1. The first-order chi connectivity index (χ1) is 12.6. The van der Waals surface area contributed by atoms with Crippen LogP contribution < -0.4 is 15.2 Å². The maximum Gasteiger partial charge on any atom is 0.230 e. The van der Waals surface area contributed by atoms with Gasteiger partial charge in [0, 0.05) is 32.6 Å². The molecule has 0 saturated carbocycles. The molecular weight excluding hydrogens is 377 g/mol. The van der Waals surface area contributed by atoms with Gasteiger partial charge in [-0.3, -0.25) is 9.93 Å². The maximum absolute atomic E-state index is 12.6. The molecule has 8 heteroatoms.